The smallest absolute Gasteiger partial charge is 0.254 e. The van der Waals surface area contributed by atoms with E-state index < -0.39 is 11.1 Å². The molecule has 2 bridgehead atoms. The van der Waals surface area contributed by atoms with Crippen LogP contribution >= 0.6 is 0 Å². The molecule has 3 saturated heterocycles. The number of carbonyl (C=O) groups is 2. The van der Waals surface area contributed by atoms with E-state index in [4.69, 9.17) is 0 Å². The normalized spacial score (nSPS) is 28.8. The number of rotatable bonds is 3. The predicted molar refractivity (Wildman–Crippen MR) is 90.9 cm³/mol. The number of benzene rings is 2. The van der Waals surface area contributed by atoms with Crippen molar-refractivity contribution < 1.29 is 9.59 Å². The molecule has 2 aromatic carbocycles. The Morgan fingerprint density at radius 1 is 0.958 bits per heavy atom. The number of carbonyl (C=O) groups excluding carboxylic acids is 2. The highest BCUT2D eigenvalue weighted by atomic mass is 16.2. The van der Waals surface area contributed by atoms with Crippen molar-refractivity contribution in [2.45, 2.75) is 37.4 Å². The minimum atomic E-state index is -0.926. The summed E-state index contributed by atoms with van der Waals surface area (Å²) in [7, 11) is 0. The molecule has 0 unspecified atom stereocenters. The van der Waals surface area contributed by atoms with Gasteiger partial charge in [-0.3, -0.25) is 9.59 Å². The van der Waals surface area contributed by atoms with E-state index in [1.165, 1.54) is 0 Å². The molecule has 0 spiro atoms. The van der Waals surface area contributed by atoms with Crippen molar-refractivity contribution in [3.8, 4) is 0 Å². The van der Waals surface area contributed by atoms with E-state index in [0.717, 1.165) is 11.1 Å². The van der Waals surface area contributed by atoms with Crippen LogP contribution in [0.15, 0.2) is 60.7 Å². The van der Waals surface area contributed by atoms with Gasteiger partial charge in [0, 0.05) is 6.54 Å². The summed E-state index contributed by atoms with van der Waals surface area (Å²) in [6.07, 6.45) is 1.32. The van der Waals surface area contributed by atoms with Gasteiger partial charge in [0.25, 0.3) is 5.91 Å². The fourth-order valence-electron chi connectivity index (χ4n) is 3.88. The molecular weight excluding hydrogens is 300 g/mol. The summed E-state index contributed by atoms with van der Waals surface area (Å²) in [5, 5.41) is 3.02. The van der Waals surface area contributed by atoms with Gasteiger partial charge in [-0.1, -0.05) is 60.7 Å². The van der Waals surface area contributed by atoms with E-state index in [1.54, 1.807) is 4.90 Å². The zero-order valence-electron chi connectivity index (χ0n) is 13.7. The predicted octanol–water partition coefficient (Wildman–Crippen LogP) is 2.59. The molecular formula is C20H20N2O2. The minimum Gasteiger partial charge on any atom is -0.336 e. The zero-order chi connectivity index (χ0) is 16.8. The molecule has 0 saturated carbocycles. The summed E-state index contributed by atoms with van der Waals surface area (Å²) in [4.78, 5) is 27.9. The van der Waals surface area contributed by atoms with Gasteiger partial charge in [-0.25, -0.2) is 0 Å². The highest BCUT2D eigenvalue weighted by Crippen LogP contribution is 2.45. The fraction of sp³-hybridized carbons (Fsp3) is 0.300. The maximum atomic E-state index is 13.4. The average molecular weight is 320 g/mol. The largest absolute Gasteiger partial charge is 0.336 e. The van der Waals surface area contributed by atoms with Gasteiger partial charge < -0.3 is 10.2 Å². The van der Waals surface area contributed by atoms with E-state index in [9.17, 15) is 9.59 Å². The summed E-state index contributed by atoms with van der Waals surface area (Å²) in [5.74, 6) is -0.0703. The van der Waals surface area contributed by atoms with Crippen LogP contribution in [0, 0.1) is 0 Å². The molecule has 24 heavy (non-hydrogen) atoms. The number of piperazine rings is 1. The van der Waals surface area contributed by atoms with Crippen LogP contribution in [0.2, 0.25) is 0 Å². The zero-order valence-corrected chi connectivity index (χ0v) is 13.7. The van der Waals surface area contributed by atoms with Crippen molar-refractivity contribution in [3.63, 3.8) is 0 Å². The lowest BCUT2D eigenvalue weighted by molar-refractivity contribution is -0.172. The van der Waals surface area contributed by atoms with Crippen LogP contribution in [0.4, 0.5) is 0 Å². The van der Waals surface area contributed by atoms with Gasteiger partial charge >= 0.3 is 0 Å². The molecule has 4 heteroatoms. The van der Waals surface area contributed by atoms with Crippen LogP contribution in [0.25, 0.3) is 0 Å². The van der Waals surface area contributed by atoms with Crippen molar-refractivity contribution in [3.05, 3.63) is 71.8 Å². The van der Waals surface area contributed by atoms with E-state index in [-0.39, 0.29) is 11.8 Å². The Labute approximate surface area is 141 Å². The Bertz CT molecular complexity index is 790. The van der Waals surface area contributed by atoms with Crippen LogP contribution < -0.4 is 5.32 Å². The van der Waals surface area contributed by atoms with Crippen molar-refractivity contribution in [2.24, 2.45) is 0 Å². The van der Waals surface area contributed by atoms with E-state index in [0.29, 0.717) is 19.4 Å². The monoisotopic (exact) mass is 320 g/mol. The molecule has 122 valence electrons. The maximum Gasteiger partial charge on any atom is 0.254 e. The van der Waals surface area contributed by atoms with Gasteiger partial charge in [0.05, 0.1) is 0 Å². The maximum absolute atomic E-state index is 13.4. The molecule has 3 fully saturated rings. The Kier molecular flexibility index (Phi) is 3.23. The lowest BCUT2D eigenvalue weighted by atomic mass is 9.69. The van der Waals surface area contributed by atoms with Gasteiger partial charge in [-0.15, -0.1) is 0 Å². The summed E-state index contributed by atoms with van der Waals surface area (Å²) >= 11 is 0. The van der Waals surface area contributed by atoms with Crippen LogP contribution in [0.5, 0.6) is 0 Å². The first-order valence-electron chi connectivity index (χ1n) is 8.30. The van der Waals surface area contributed by atoms with Crippen LogP contribution in [0.1, 0.15) is 30.9 Å². The number of hydrogen-bond acceptors (Lipinski definition) is 2. The number of amides is 2. The summed E-state index contributed by atoms with van der Waals surface area (Å²) in [5.41, 5.74) is 0.202. The van der Waals surface area contributed by atoms with Crippen LogP contribution in [-0.4, -0.2) is 22.3 Å². The second-order valence-corrected chi connectivity index (χ2v) is 6.88. The van der Waals surface area contributed by atoms with Crippen molar-refractivity contribution in [2.75, 3.05) is 0 Å². The number of nitrogens with one attached hydrogen (secondary N) is 1. The van der Waals surface area contributed by atoms with E-state index >= 15 is 0 Å². The lowest BCUT2D eigenvalue weighted by Crippen LogP contribution is -2.77. The molecule has 3 aliphatic rings. The third-order valence-corrected chi connectivity index (χ3v) is 5.46. The summed E-state index contributed by atoms with van der Waals surface area (Å²) in [6.45, 7) is 2.33. The Morgan fingerprint density at radius 3 is 2.21 bits per heavy atom. The van der Waals surface area contributed by atoms with Gasteiger partial charge in [0.2, 0.25) is 5.91 Å². The second-order valence-electron chi connectivity index (χ2n) is 6.88. The third kappa shape index (κ3) is 1.99. The Morgan fingerprint density at radius 2 is 1.58 bits per heavy atom. The van der Waals surface area contributed by atoms with Crippen LogP contribution in [0.3, 0.4) is 0 Å². The molecule has 1 N–H and O–H groups in total. The van der Waals surface area contributed by atoms with Gasteiger partial charge in [-0.05, 0) is 30.9 Å². The lowest BCUT2D eigenvalue weighted by Gasteiger charge is -2.56. The first-order chi connectivity index (χ1) is 11.6. The number of fused-ring (bicyclic) bond motifs is 3. The highest BCUT2D eigenvalue weighted by molar-refractivity contribution is 6.04. The van der Waals surface area contributed by atoms with Crippen molar-refractivity contribution in [1.82, 2.24) is 10.2 Å². The quantitative estimate of drug-likeness (QED) is 0.945. The average Bonchev–Trinajstić information content (AvgIpc) is 2.62. The summed E-state index contributed by atoms with van der Waals surface area (Å²) in [6, 6.07) is 19.4. The van der Waals surface area contributed by atoms with E-state index in [1.807, 2.05) is 67.6 Å². The topological polar surface area (TPSA) is 49.4 Å². The van der Waals surface area contributed by atoms with Gasteiger partial charge in [0.15, 0.2) is 0 Å². The van der Waals surface area contributed by atoms with Crippen LogP contribution in [-0.2, 0) is 21.7 Å². The number of nitrogens with zero attached hydrogens (tertiary/aromatic N) is 1. The van der Waals surface area contributed by atoms with Gasteiger partial charge in [0.1, 0.15) is 11.1 Å². The molecule has 0 radical (unpaired) electrons. The first-order valence-corrected chi connectivity index (χ1v) is 8.30. The molecule has 3 heterocycles. The molecule has 5 rings (SSSR count). The molecule has 2 amide bonds. The fourth-order valence-corrected chi connectivity index (χ4v) is 3.88. The SMILES string of the molecule is C[C@@]12CC[C@@](c3ccccc3)(NC1=O)C(=O)N2Cc1ccccc1. The molecule has 0 aromatic heterocycles. The molecule has 0 aliphatic carbocycles. The molecule has 3 aliphatic heterocycles. The Balaban J connectivity index is 1.77. The van der Waals surface area contributed by atoms with Crippen molar-refractivity contribution in [1.29, 1.82) is 0 Å². The third-order valence-electron chi connectivity index (χ3n) is 5.46. The molecule has 2 atom stereocenters. The molecule has 4 nitrogen and oxygen atoms in total. The highest BCUT2D eigenvalue weighted by Gasteiger charge is 2.61. The van der Waals surface area contributed by atoms with Crippen molar-refractivity contribution >= 4 is 11.8 Å². The summed E-state index contributed by atoms with van der Waals surface area (Å²) < 4.78 is 0. The second kappa shape index (κ2) is 5.20. The standard InChI is InChI=1S/C20H20N2O2/c1-19-12-13-20(21-17(19)23,16-10-6-3-7-11-16)18(24)22(19)14-15-8-4-2-5-9-15/h2-11H,12-14H2,1H3,(H,21,23)/t19-,20+/m1/s1. The number of piperidine rings is 2. The number of hydrogen-bond donors (Lipinski definition) is 1. The molecule has 2 aromatic rings. The van der Waals surface area contributed by atoms with E-state index in [2.05, 4.69) is 5.32 Å². The van der Waals surface area contributed by atoms with Gasteiger partial charge in [-0.2, -0.15) is 0 Å². The first kappa shape index (κ1) is 14.9. The minimum absolute atomic E-state index is 0.00842. The Hall–Kier alpha value is -2.62.